The second-order valence-corrected chi connectivity index (χ2v) is 13.8. The molecule has 3 heterocycles. The number of amides is 1. The molecule has 0 spiro atoms. The van der Waals surface area contributed by atoms with Crippen LogP contribution in [-0.2, 0) is 35.2 Å². The Morgan fingerprint density at radius 3 is 2.26 bits per heavy atom. The highest BCUT2D eigenvalue weighted by Gasteiger charge is 2.46. The molecule has 13 heteroatoms. The zero-order valence-electron chi connectivity index (χ0n) is 31.1. The van der Waals surface area contributed by atoms with Crippen LogP contribution in [0.25, 0.3) is 11.0 Å². The smallest absolute Gasteiger partial charge is 0.416 e. The molecule has 0 bridgehead atoms. The number of aromatic nitrogens is 2. The average molecular weight is 738 g/mol. The van der Waals surface area contributed by atoms with E-state index in [0.717, 1.165) is 67.3 Å². The summed E-state index contributed by atoms with van der Waals surface area (Å²) < 4.78 is 64.8. The van der Waals surface area contributed by atoms with Crippen molar-refractivity contribution in [1.29, 1.82) is 0 Å². The molecule has 1 unspecified atom stereocenters. The van der Waals surface area contributed by atoms with Crippen LogP contribution in [0.1, 0.15) is 42.9 Å². The molecular formula is C40H50F3N5O5. The van der Waals surface area contributed by atoms with Crippen LogP contribution >= 0.6 is 0 Å². The van der Waals surface area contributed by atoms with Crippen molar-refractivity contribution < 1.29 is 36.9 Å². The number of nitrogens with zero attached hydrogens (tertiary/aromatic N) is 5. The molecule has 2 fully saturated rings. The predicted molar refractivity (Wildman–Crippen MR) is 198 cm³/mol. The molecule has 4 aromatic rings. The van der Waals surface area contributed by atoms with Crippen LogP contribution < -0.4 is 19.1 Å². The van der Waals surface area contributed by atoms with E-state index < -0.39 is 17.2 Å². The second kappa shape index (κ2) is 16.7. The first-order valence-corrected chi connectivity index (χ1v) is 18.3. The van der Waals surface area contributed by atoms with Crippen LogP contribution in [0.2, 0.25) is 0 Å². The summed E-state index contributed by atoms with van der Waals surface area (Å²) in [7, 11) is 4.65. The van der Waals surface area contributed by atoms with Gasteiger partial charge in [-0.05, 0) is 93.2 Å². The number of halogens is 3. The van der Waals surface area contributed by atoms with Crippen LogP contribution in [0, 0.1) is 5.41 Å². The number of anilines is 1. The van der Waals surface area contributed by atoms with Crippen LogP contribution in [0.3, 0.4) is 0 Å². The number of ether oxygens (including phenoxy) is 4. The predicted octanol–water partition coefficient (Wildman–Crippen LogP) is 6.68. The topological polar surface area (TPSA) is 81.5 Å². The van der Waals surface area contributed by atoms with Gasteiger partial charge in [-0.3, -0.25) is 4.79 Å². The standard InChI is InChI=1S/C40H50F3N5O5/c1-5-53-24-23-48-33-10-7-6-9-32(33)44-38(48)46-18-8-17-45(21-22-46)19-15-39(27-29-11-13-31(14-12-29)40(41,42)43)16-20-47(37(39)49)28-30-25-34(50-2)36(52-4)35(26-30)51-3/h6-7,9-14,25-26H,5,8,15-24,27-28H2,1-4H3. The molecule has 0 N–H and O–H groups in total. The first kappa shape index (κ1) is 38.2. The third kappa shape index (κ3) is 8.51. The van der Waals surface area contributed by atoms with E-state index in [1.54, 1.807) is 21.3 Å². The molecule has 2 saturated heterocycles. The molecule has 10 nitrogen and oxygen atoms in total. The lowest BCUT2D eigenvalue weighted by molar-refractivity contribution is -0.138. The zero-order valence-corrected chi connectivity index (χ0v) is 31.1. The Labute approximate surface area is 309 Å². The molecule has 1 atom stereocenters. The molecule has 1 amide bonds. The Morgan fingerprint density at radius 1 is 0.849 bits per heavy atom. The molecular weight excluding hydrogens is 687 g/mol. The molecule has 0 aliphatic carbocycles. The quantitative estimate of drug-likeness (QED) is 0.125. The lowest BCUT2D eigenvalue weighted by atomic mass is 9.77. The van der Waals surface area contributed by atoms with E-state index in [-0.39, 0.29) is 5.91 Å². The molecule has 2 aliphatic rings. The van der Waals surface area contributed by atoms with Gasteiger partial charge in [0.1, 0.15) is 0 Å². The summed E-state index contributed by atoms with van der Waals surface area (Å²) in [6, 6.07) is 17.1. The van der Waals surface area contributed by atoms with Gasteiger partial charge in [0.25, 0.3) is 0 Å². The number of alkyl halides is 3. The maximum absolute atomic E-state index is 14.5. The number of likely N-dealkylation sites (tertiary alicyclic amines) is 1. The van der Waals surface area contributed by atoms with Crippen LogP contribution in [0.15, 0.2) is 60.7 Å². The van der Waals surface area contributed by atoms with E-state index in [1.165, 1.54) is 12.1 Å². The number of methoxy groups -OCH3 is 3. The minimum atomic E-state index is -4.43. The summed E-state index contributed by atoms with van der Waals surface area (Å²) in [6.07, 6.45) is -1.95. The number of carbonyl (C=O) groups is 1. The van der Waals surface area contributed by atoms with E-state index in [2.05, 4.69) is 20.4 Å². The van der Waals surface area contributed by atoms with Gasteiger partial charge in [-0.15, -0.1) is 0 Å². The van der Waals surface area contributed by atoms with Gasteiger partial charge in [0.2, 0.25) is 17.6 Å². The third-order valence-corrected chi connectivity index (χ3v) is 10.6. The van der Waals surface area contributed by atoms with E-state index in [9.17, 15) is 18.0 Å². The highest BCUT2D eigenvalue weighted by atomic mass is 19.4. The Bertz CT molecular complexity index is 1820. The number of para-hydroxylation sites is 2. The number of carbonyl (C=O) groups excluding carboxylic acids is 1. The van der Waals surface area contributed by atoms with Gasteiger partial charge in [0.05, 0.1) is 49.9 Å². The number of imidazole rings is 1. The van der Waals surface area contributed by atoms with Gasteiger partial charge in [-0.1, -0.05) is 24.3 Å². The number of rotatable bonds is 15. The number of hydrogen-bond acceptors (Lipinski definition) is 8. The number of fused-ring (bicyclic) bond motifs is 1. The average Bonchev–Trinajstić information content (AvgIpc) is 3.55. The Hall–Kier alpha value is -4.49. The monoisotopic (exact) mass is 737 g/mol. The van der Waals surface area contributed by atoms with Crippen molar-refractivity contribution in [2.45, 2.75) is 51.9 Å². The Morgan fingerprint density at radius 2 is 1.58 bits per heavy atom. The summed E-state index contributed by atoms with van der Waals surface area (Å²) in [5, 5.41) is 0. The van der Waals surface area contributed by atoms with Crippen LogP contribution in [0.4, 0.5) is 19.1 Å². The minimum absolute atomic E-state index is 0.00520. The van der Waals surface area contributed by atoms with Gasteiger partial charge in [-0.2, -0.15) is 13.2 Å². The van der Waals surface area contributed by atoms with E-state index in [4.69, 9.17) is 23.9 Å². The molecule has 2 aliphatic heterocycles. The Kier molecular flexibility index (Phi) is 12.0. The minimum Gasteiger partial charge on any atom is -0.493 e. The van der Waals surface area contributed by atoms with E-state index >= 15 is 0 Å². The van der Waals surface area contributed by atoms with Crippen molar-refractivity contribution in [2.75, 3.05) is 78.7 Å². The van der Waals surface area contributed by atoms with Gasteiger partial charge in [0, 0.05) is 45.9 Å². The van der Waals surface area contributed by atoms with Crippen LogP contribution in [-0.4, -0.2) is 99.1 Å². The van der Waals surface area contributed by atoms with Crippen molar-refractivity contribution in [3.05, 3.63) is 77.4 Å². The van der Waals surface area contributed by atoms with Crippen LogP contribution in [0.5, 0.6) is 17.2 Å². The zero-order chi connectivity index (χ0) is 37.6. The first-order valence-electron chi connectivity index (χ1n) is 18.3. The van der Waals surface area contributed by atoms with Gasteiger partial charge in [-0.25, -0.2) is 4.98 Å². The maximum Gasteiger partial charge on any atom is 0.416 e. The summed E-state index contributed by atoms with van der Waals surface area (Å²) in [5.41, 5.74) is 2.13. The third-order valence-electron chi connectivity index (χ3n) is 10.6. The van der Waals surface area contributed by atoms with Crippen molar-refractivity contribution >= 4 is 22.9 Å². The number of hydrogen-bond donors (Lipinski definition) is 0. The summed E-state index contributed by atoms with van der Waals surface area (Å²) in [4.78, 5) is 26.2. The summed E-state index contributed by atoms with van der Waals surface area (Å²) in [6.45, 7) is 8.85. The fourth-order valence-corrected chi connectivity index (χ4v) is 7.77. The highest BCUT2D eigenvalue weighted by molar-refractivity contribution is 5.85. The largest absolute Gasteiger partial charge is 0.493 e. The molecule has 6 rings (SSSR count). The summed E-state index contributed by atoms with van der Waals surface area (Å²) >= 11 is 0. The van der Waals surface area contributed by atoms with E-state index in [1.807, 2.05) is 42.2 Å². The number of benzene rings is 3. The second-order valence-electron chi connectivity index (χ2n) is 13.8. The molecule has 53 heavy (non-hydrogen) atoms. The van der Waals surface area contributed by atoms with Gasteiger partial charge >= 0.3 is 6.18 Å². The van der Waals surface area contributed by atoms with Gasteiger partial charge in [0.15, 0.2) is 11.5 Å². The maximum atomic E-state index is 14.5. The van der Waals surface area contributed by atoms with Crippen molar-refractivity contribution in [2.24, 2.45) is 5.41 Å². The Balaban J connectivity index is 1.20. The summed E-state index contributed by atoms with van der Waals surface area (Å²) in [5.74, 6) is 2.43. The molecule has 1 aromatic heterocycles. The molecule has 0 radical (unpaired) electrons. The molecule has 286 valence electrons. The first-order chi connectivity index (χ1) is 25.6. The highest BCUT2D eigenvalue weighted by Crippen LogP contribution is 2.43. The van der Waals surface area contributed by atoms with Gasteiger partial charge < -0.3 is 38.2 Å². The normalized spacial score (nSPS) is 18.5. The fourth-order valence-electron chi connectivity index (χ4n) is 7.77. The molecule has 0 saturated carbocycles. The van der Waals surface area contributed by atoms with Crippen molar-refractivity contribution in [3.63, 3.8) is 0 Å². The van der Waals surface area contributed by atoms with E-state index in [0.29, 0.717) is 81.5 Å². The SMILES string of the molecule is CCOCCn1c(N2CCCN(CCC3(Cc4ccc(C(F)(F)F)cc4)CCN(Cc4cc(OC)c(OC)c(OC)c4)C3=O)CC2)nc2ccccc21. The molecule has 3 aromatic carbocycles. The lowest BCUT2D eigenvalue weighted by Crippen LogP contribution is -2.40. The van der Waals surface area contributed by atoms with Crippen molar-refractivity contribution in [1.82, 2.24) is 19.4 Å². The van der Waals surface area contributed by atoms with Crippen molar-refractivity contribution in [3.8, 4) is 17.2 Å². The lowest BCUT2D eigenvalue weighted by Gasteiger charge is -2.31. The fraction of sp³-hybridized carbons (Fsp3) is 0.500.